The van der Waals surface area contributed by atoms with Gasteiger partial charge in [-0.2, -0.15) is 0 Å². The van der Waals surface area contributed by atoms with E-state index in [2.05, 4.69) is 0 Å². The van der Waals surface area contributed by atoms with Crippen LogP contribution in [0, 0.1) is 11.6 Å². The number of amides is 1. The van der Waals surface area contributed by atoms with E-state index in [1.165, 1.54) is 11.5 Å². The molecule has 0 saturated heterocycles. The minimum Gasteiger partial charge on any atom is -0.294 e. The Balaban J connectivity index is 1.64. The molecule has 0 fully saturated rings. The van der Waals surface area contributed by atoms with Gasteiger partial charge >= 0.3 is 0 Å². The molecule has 4 aromatic rings. The third kappa shape index (κ3) is 3.06. The van der Waals surface area contributed by atoms with E-state index in [1.807, 2.05) is 49.0 Å². The number of nitrogens with zero attached hydrogens (tertiary/aromatic N) is 2. The Morgan fingerprint density at radius 3 is 2.42 bits per heavy atom. The number of rotatable bonds is 3. The van der Waals surface area contributed by atoms with Crippen LogP contribution >= 0.6 is 35.4 Å². The molecule has 3 aromatic carbocycles. The van der Waals surface area contributed by atoms with E-state index >= 15 is 0 Å². The van der Waals surface area contributed by atoms with Gasteiger partial charge in [-0.1, -0.05) is 65.7 Å². The molecule has 1 amide bonds. The molecule has 0 radical (unpaired) electrons. The topological polar surface area (TPSA) is 59.4 Å². The summed E-state index contributed by atoms with van der Waals surface area (Å²) >= 11 is 13.8. The molecule has 6 rings (SSSR count). The lowest BCUT2D eigenvalue weighted by Gasteiger charge is -2.39. The maximum atomic E-state index is 13.5. The fourth-order valence-electron chi connectivity index (χ4n) is 5.14. The van der Waals surface area contributed by atoms with Crippen LogP contribution in [0.25, 0.3) is 16.8 Å². The van der Waals surface area contributed by atoms with E-state index < -0.39 is 17.2 Å². The van der Waals surface area contributed by atoms with Crippen molar-refractivity contribution < 1.29 is 14.4 Å². The molecule has 3 heterocycles. The highest BCUT2D eigenvalue weighted by molar-refractivity contribution is 7.71. The second kappa shape index (κ2) is 7.80. The predicted molar refractivity (Wildman–Crippen MR) is 144 cm³/mol. The lowest BCUT2D eigenvalue weighted by Crippen LogP contribution is -2.46. The zero-order chi connectivity index (χ0) is 25.5. The van der Waals surface area contributed by atoms with Gasteiger partial charge in [0.25, 0.3) is 11.7 Å². The summed E-state index contributed by atoms with van der Waals surface area (Å²) < 4.78 is 2.35. The second-order valence-corrected chi connectivity index (χ2v) is 11.3. The molecular weight excluding hydrogens is 512 g/mol. The number of ketones is 2. The smallest absolute Gasteiger partial charge is 0.294 e. The monoisotopic (exact) mass is 530 g/mol. The fourth-order valence-corrected chi connectivity index (χ4v) is 7.01. The number of halogens is 1. The van der Waals surface area contributed by atoms with Crippen LogP contribution in [0.4, 0.5) is 5.69 Å². The molecule has 0 bridgehead atoms. The van der Waals surface area contributed by atoms with E-state index in [1.54, 1.807) is 41.3 Å². The number of carbonyl (C=O) groups excluding carboxylic acids is 3. The molecule has 36 heavy (non-hydrogen) atoms. The molecule has 8 heteroatoms. The van der Waals surface area contributed by atoms with Crippen LogP contribution in [0.5, 0.6) is 0 Å². The van der Waals surface area contributed by atoms with Crippen molar-refractivity contribution >= 4 is 58.5 Å². The molecule has 5 nitrogen and oxygen atoms in total. The van der Waals surface area contributed by atoms with Crippen LogP contribution in [0.1, 0.15) is 50.6 Å². The van der Waals surface area contributed by atoms with Crippen LogP contribution in [-0.4, -0.2) is 21.4 Å². The number of fused-ring (bicyclic) bond motifs is 2. The molecule has 0 aliphatic carbocycles. The number of aromatic nitrogens is 1. The molecule has 0 atom stereocenters. The Hall–Kier alpha value is -3.39. The van der Waals surface area contributed by atoms with E-state index in [9.17, 15) is 14.4 Å². The van der Waals surface area contributed by atoms with Crippen LogP contribution in [0.2, 0.25) is 5.02 Å². The van der Waals surface area contributed by atoms with Crippen LogP contribution in [0.15, 0.2) is 60.7 Å². The zero-order valence-corrected chi connectivity index (χ0v) is 22.0. The molecule has 1 aromatic heterocycles. The lowest BCUT2D eigenvalue weighted by molar-refractivity contribution is -0.115. The maximum Gasteiger partial charge on any atom is 0.300 e. The minimum atomic E-state index is -0.818. The average Bonchev–Trinajstić information content (AvgIpc) is 3.33. The first-order valence-corrected chi connectivity index (χ1v) is 12.9. The second-order valence-electron chi connectivity index (χ2n) is 9.49. The van der Waals surface area contributed by atoms with Crippen molar-refractivity contribution in [3.8, 4) is 16.8 Å². The minimum absolute atomic E-state index is 0.142. The van der Waals surface area contributed by atoms with Crippen molar-refractivity contribution in [1.82, 2.24) is 3.96 Å². The van der Waals surface area contributed by atoms with Gasteiger partial charge in [0.15, 0.2) is 5.78 Å². The molecule has 2 aliphatic rings. The highest BCUT2D eigenvalue weighted by Crippen LogP contribution is 2.55. The Bertz CT molecular complexity index is 1720. The number of hydrogen-bond donors (Lipinski definition) is 0. The van der Waals surface area contributed by atoms with Crippen LogP contribution < -0.4 is 4.90 Å². The highest BCUT2D eigenvalue weighted by atomic mass is 35.5. The number of benzene rings is 3. The molecule has 178 valence electrons. The van der Waals surface area contributed by atoms with Gasteiger partial charge in [-0.3, -0.25) is 23.2 Å². The van der Waals surface area contributed by atoms with E-state index in [0.717, 1.165) is 21.6 Å². The van der Waals surface area contributed by atoms with Crippen LogP contribution in [-0.2, 0) is 10.3 Å². The van der Waals surface area contributed by atoms with Gasteiger partial charge in [0, 0.05) is 27.3 Å². The Morgan fingerprint density at radius 1 is 1.00 bits per heavy atom. The first-order valence-electron chi connectivity index (χ1n) is 11.3. The van der Waals surface area contributed by atoms with Crippen molar-refractivity contribution in [3.05, 3.63) is 97.5 Å². The molecular formula is C28H19ClN2O3S2. The summed E-state index contributed by atoms with van der Waals surface area (Å²) in [6.45, 7) is 5.73. The first kappa shape index (κ1) is 23.0. The third-order valence-electron chi connectivity index (χ3n) is 6.77. The fraction of sp³-hybridized carbons (Fsp3) is 0.143. The van der Waals surface area contributed by atoms with E-state index in [4.69, 9.17) is 23.8 Å². The van der Waals surface area contributed by atoms with E-state index in [0.29, 0.717) is 37.7 Å². The predicted octanol–water partition coefficient (Wildman–Crippen LogP) is 6.91. The Morgan fingerprint density at radius 2 is 1.69 bits per heavy atom. The van der Waals surface area contributed by atoms with Crippen molar-refractivity contribution in [2.75, 3.05) is 4.90 Å². The van der Waals surface area contributed by atoms with Crippen molar-refractivity contribution in [2.24, 2.45) is 0 Å². The number of hydrogen-bond acceptors (Lipinski definition) is 5. The van der Waals surface area contributed by atoms with Crippen LogP contribution in [0.3, 0.4) is 0 Å². The van der Waals surface area contributed by atoms with Gasteiger partial charge in [-0.25, -0.2) is 0 Å². The average molecular weight is 531 g/mol. The Kier molecular flexibility index (Phi) is 4.99. The molecule has 0 saturated carbocycles. The number of aryl methyl sites for hydroxylation is 1. The summed E-state index contributed by atoms with van der Waals surface area (Å²) in [5, 5.41) is 0.476. The summed E-state index contributed by atoms with van der Waals surface area (Å²) in [4.78, 5) is 41.9. The van der Waals surface area contributed by atoms with Gasteiger partial charge in [0.1, 0.15) is 4.64 Å². The van der Waals surface area contributed by atoms with Gasteiger partial charge < -0.3 is 0 Å². The number of carbonyl (C=O) groups is 3. The quantitative estimate of drug-likeness (QED) is 0.164. The number of anilines is 1. The Labute approximate surface area is 221 Å². The van der Waals surface area contributed by atoms with Gasteiger partial charge in [0.05, 0.1) is 27.4 Å². The molecule has 0 N–H and O–H groups in total. The molecule has 0 unspecified atom stereocenters. The molecule has 2 aliphatic heterocycles. The molecule has 0 spiro atoms. The van der Waals surface area contributed by atoms with Gasteiger partial charge in [0.2, 0.25) is 0 Å². The summed E-state index contributed by atoms with van der Waals surface area (Å²) in [6.07, 6.45) is 0. The van der Waals surface area contributed by atoms with Crippen molar-refractivity contribution in [3.63, 3.8) is 0 Å². The van der Waals surface area contributed by atoms with Crippen molar-refractivity contribution in [1.29, 1.82) is 0 Å². The normalized spacial score (nSPS) is 15.2. The first-order chi connectivity index (χ1) is 17.1. The standard InChI is InChI=1S/C28H19ClN2O3S2/c1-14-11-18-21-25(28(2,3)30-22(18)19(12-14)24(33)26(30)34)36-31(27(21)35)20-13-16(29)9-10-17(20)23(32)15-7-5-4-6-8-15/h4-13H,1-3H3. The zero-order valence-electron chi connectivity index (χ0n) is 19.6. The SMILES string of the molecule is Cc1cc2c3c(c1)-c1c(sn(-c4cc(Cl)ccc4C(=O)c4ccccc4)c1=S)C(C)(C)N3C(=O)C2=O. The highest BCUT2D eigenvalue weighted by Gasteiger charge is 2.51. The maximum absolute atomic E-state index is 13.5. The summed E-state index contributed by atoms with van der Waals surface area (Å²) in [5.74, 6) is -1.18. The summed E-state index contributed by atoms with van der Waals surface area (Å²) in [7, 11) is 0. The number of Topliss-reactive ketones (excluding diaryl/α,β-unsaturated/α-hetero) is 1. The van der Waals surface area contributed by atoms with Crippen molar-refractivity contribution in [2.45, 2.75) is 26.3 Å². The third-order valence-corrected chi connectivity index (χ3v) is 8.96. The van der Waals surface area contributed by atoms with Gasteiger partial charge in [-0.15, -0.1) is 0 Å². The largest absolute Gasteiger partial charge is 0.300 e. The van der Waals surface area contributed by atoms with Gasteiger partial charge in [-0.05, 0) is 56.7 Å². The summed E-state index contributed by atoms with van der Waals surface area (Å²) in [5.41, 5.74) is 4.24. The van der Waals surface area contributed by atoms with E-state index in [-0.39, 0.29) is 5.78 Å². The lowest BCUT2D eigenvalue weighted by atomic mass is 9.87. The summed E-state index contributed by atoms with van der Waals surface area (Å²) in [6, 6.07) is 17.9.